The number of nitrogens with zero attached hydrogens (tertiary/aromatic N) is 3. The van der Waals surface area contributed by atoms with Gasteiger partial charge >= 0.3 is 0 Å². The first kappa shape index (κ1) is 19.1. The Hall–Kier alpha value is -3.26. The molecule has 1 aromatic carbocycles. The molecule has 0 spiro atoms. The van der Waals surface area contributed by atoms with E-state index in [1.54, 1.807) is 24.4 Å². The van der Waals surface area contributed by atoms with Gasteiger partial charge in [0.15, 0.2) is 0 Å². The van der Waals surface area contributed by atoms with Crippen LogP contribution in [0.3, 0.4) is 0 Å². The maximum atomic E-state index is 12.2. The van der Waals surface area contributed by atoms with Gasteiger partial charge in [0.25, 0.3) is 0 Å². The highest BCUT2D eigenvalue weighted by Gasteiger charge is 2.42. The quantitative estimate of drug-likeness (QED) is 0.740. The Morgan fingerprint density at radius 2 is 2.03 bits per heavy atom. The van der Waals surface area contributed by atoms with E-state index in [1.165, 1.54) is 0 Å². The van der Waals surface area contributed by atoms with E-state index < -0.39 is 0 Å². The number of rotatable bonds is 3. The molecule has 1 aliphatic carbocycles. The van der Waals surface area contributed by atoms with Crippen LogP contribution >= 0.6 is 0 Å². The molecule has 0 bridgehead atoms. The van der Waals surface area contributed by atoms with Crippen LogP contribution in [0, 0.1) is 34.5 Å². The third-order valence-electron chi connectivity index (χ3n) is 6.20. The maximum absolute atomic E-state index is 12.2. The second-order valence-corrected chi connectivity index (χ2v) is 7.75. The minimum atomic E-state index is 0.000842. The number of carbonyl (C=O) groups excluding carboxylic acids is 1. The Labute approximate surface area is 169 Å². The third kappa shape index (κ3) is 3.58. The molecule has 1 amide bonds. The standard InChI is InChI=1S/C22H22N6O/c23-8-13-1-3-18(15(5-13)9-24)17-6-16(11-26-12-17)14-2-4-19-20(7-14)21(10-25)27-28-22(19)29/h1,3,5-6,11-12,14,19-21,27H,2,4,7,10,25H2,(H,28,29). The van der Waals surface area contributed by atoms with Crippen molar-refractivity contribution in [1.82, 2.24) is 15.8 Å². The van der Waals surface area contributed by atoms with E-state index in [1.807, 2.05) is 6.20 Å². The fraction of sp³-hybridized carbons (Fsp3) is 0.364. The molecule has 7 heteroatoms. The van der Waals surface area contributed by atoms with Crippen LogP contribution in [0.25, 0.3) is 11.1 Å². The van der Waals surface area contributed by atoms with Crippen molar-refractivity contribution < 1.29 is 4.79 Å². The highest BCUT2D eigenvalue weighted by molar-refractivity contribution is 5.79. The number of aromatic nitrogens is 1. The summed E-state index contributed by atoms with van der Waals surface area (Å²) in [7, 11) is 0. The number of amides is 1. The predicted molar refractivity (Wildman–Crippen MR) is 107 cm³/mol. The smallest absolute Gasteiger partial charge is 0.237 e. The molecule has 146 valence electrons. The summed E-state index contributed by atoms with van der Waals surface area (Å²) in [5.74, 6) is 0.539. The van der Waals surface area contributed by atoms with Crippen LogP contribution in [0.5, 0.6) is 0 Å². The number of fused-ring (bicyclic) bond motifs is 1. The molecule has 1 saturated carbocycles. The fourth-order valence-corrected chi connectivity index (χ4v) is 4.66. The van der Waals surface area contributed by atoms with Crippen LogP contribution in [-0.4, -0.2) is 23.5 Å². The molecule has 1 aromatic heterocycles. The Morgan fingerprint density at radius 1 is 1.17 bits per heavy atom. The summed E-state index contributed by atoms with van der Waals surface area (Å²) in [6.45, 7) is 0.475. The molecular formula is C22H22N6O. The van der Waals surface area contributed by atoms with Gasteiger partial charge in [-0.2, -0.15) is 10.5 Å². The number of carbonyl (C=O) groups is 1. The molecule has 2 aliphatic rings. The number of nitrogens with one attached hydrogen (secondary N) is 2. The van der Waals surface area contributed by atoms with Gasteiger partial charge in [0, 0.05) is 42.0 Å². The first-order chi connectivity index (χ1) is 14.1. The molecule has 4 unspecified atom stereocenters. The molecule has 2 aromatic rings. The SMILES string of the molecule is N#Cc1ccc(-c2cncc(C3CCC4C(=O)NNC(CN)C4C3)c2)c(C#N)c1. The van der Waals surface area contributed by atoms with Gasteiger partial charge in [0.2, 0.25) is 5.91 Å². The minimum Gasteiger partial charge on any atom is -0.329 e. The highest BCUT2D eigenvalue weighted by atomic mass is 16.2. The normalized spacial score (nSPS) is 26.0. The number of hydrogen-bond acceptors (Lipinski definition) is 6. The zero-order chi connectivity index (χ0) is 20.4. The zero-order valence-electron chi connectivity index (χ0n) is 15.9. The summed E-state index contributed by atoms with van der Waals surface area (Å²) in [5.41, 5.74) is 15.4. The lowest BCUT2D eigenvalue weighted by Crippen LogP contribution is -2.62. The second kappa shape index (κ2) is 8.00. The summed E-state index contributed by atoms with van der Waals surface area (Å²) >= 11 is 0. The van der Waals surface area contributed by atoms with Crippen LogP contribution < -0.4 is 16.6 Å². The number of nitrogens with two attached hydrogens (primary N) is 1. The average Bonchev–Trinajstić information content (AvgIpc) is 2.78. The molecule has 1 saturated heterocycles. The van der Waals surface area contributed by atoms with Crippen LogP contribution in [-0.2, 0) is 4.79 Å². The monoisotopic (exact) mass is 386 g/mol. The van der Waals surface area contributed by atoms with E-state index in [0.717, 1.165) is 36.0 Å². The lowest BCUT2D eigenvalue weighted by molar-refractivity contribution is -0.133. The Morgan fingerprint density at radius 3 is 2.79 bits per heavy atom. The summed E-state index contributed by atoms with van der Waals surface area (Å²) in [4.78, 5) is 16.6. The first-order valence-electron chi connectivity index (χ1n) is 9.79. The van der Waals surface area contributed by atoms with Crippen LogP contribution in [0.15, 0.2) is 36.7 Å². The molecule has 7 nitrogen and oxygen atoms in total. The van der Waals surface area contributed by atoms with Crippen molar-refractivity contribution in [2.45, 2.75) is 31.2 Å². The molecule has 0 radical (unpaired) electrons. The molecule has 4 N–H and O–H groups in total. The summed E-state index contributed by atoms with van der Waals surface area (Å²) in [6.07, 6.45) is 6.23. The van der Waals surface area contributed by atoms with Crippen molar-refractivity contribution in [3.05, 3.63) is 53.3 Å². The van der Waals surface area contributed by atoms with Crippen LogP contribution in [0.4, 0.5) is 0 Å². The molecule has 29 heavy (non-hydrogen) atoms. The maximum Gasteiger partial charge on any atom is 0.237 e. The topological polar surface area (TPSA) is 128 Å². The van der Waals surface area contributed by atoms with Crippen molar-refractivity contribution in [3.8, 4) is 23.3 Å². The lowest BCUT2D eigenvalue weighted by Gasteiger charge is -2.43. The van der Waals surface area contributed by atoms with Crippen molar-refractivity contribution in [1.29, 1.82) is 10.5 Å². The second-order valence-electron chi connectivity index (χ2n) is 7.75. The molecule has 1 aliphatic heterocycles. The molecular weight excluding hydrogens is 364 g/mol. The van der Waals surface area contributed by atoms with Gasteiger partial charge in [-0.05, 0) is 54.9 Å². The number of pyridine rings is 1. The van der Waals surface area contributed by atoms with Gasteiger partial charge in [0.05, 0.1) is 23.3 Å². The summed E-state index contributed by atoms with van der Waals surface area (Å²) in [6, 6.07) is 11.5. The number of hydrazine groups is 1. The average molecular weight is 386 g/mol. The molecule has 4 rings (SSSR count). The summed E-state index contributed by atoms with van der Waals surface area (Å²) in [5, 5.41) is 18.6. The third-order valence-corrected chi connectivity index (χ3v) is 6.20. The van der Waals surface area contributed by atoms with Gasteiger partial charge < -0.3 is 5.73 Å². The van der Waals surface area contributed by atoms with E-state index in [4.69, 9.17) is 11.0 Å². The largest absolute Gasteiger partial charge is 0.329 e. The predicted octanol–water partition coefficient (Wildman–Crippen LogP) is 1.95. The Kier molecular flexibility index (Phi) is 5.26. The van der Waals surface area contributed by atoms with E-state index in [2.05, 4.69) is 34.0 Å². The van der Waals surface area contributed by atoms with E-state index in [0.29, 0.717) is 17.7 Å². The lowest BCUT2D eigenvalue weighted by atomic mass is 9.68. The first-order valence-corrected chi connectivity index (χ1v) is 9.79. The zero-order valence-corrected chi connectivity index (χ0v) is 15.9. The van der Waals surface area contributed by atoms with Gasteiger partial charge in [-0.15, -0.1) is 0 Å². The van der Waals surface area contributed by atoms with E-state index >= 15 is 0 Å². The Balaban J connectivity index is 1.62. The van der Waals surface area contributed by atoms with Crippen molar-refractivity contribution in [3.63, 3.8) is 0 Å². The van der Waals surface area contributed by atoms with E-state index in [-0.39, 0.29) is 29.7 Å². The number of benzene rings is 1. The fourth-order valence-electron chi connectivity index (χ4n) is 4.66. The molecule has 4 atom stereocenters. The van der Waals surface area contributed by atoms with Gasteiger partial charge in [-0.1, -0.05) is 6.07 Å². The van der Waals surface area contributed by atoms with Crippen molar-refractivity contribution in [2.75, 3.05) is 6.54 Å². The number of nitriles is 2. The van der Waals surface area contributed by atoms with Crippen molar-refractivity contribution >= 4 is 5.91 Å². The van der Waals surface area contributed by atoms with Crippen molar-refractivity contribution in [2.24, 2.45) is 17.6 Å². The van der Waals surface area contributed by atoms with Gasteiger partial charge in [0.1, 0.15) is 0 Å². The minimum absolute atomic E-state index is 0.000842. The van der Waals surface area contributed by atoms with Gasteiger partial charge in [-0.3, -0.25) is 15.2 Å². The van der Waals surface area contributed by atoms with Crippen LogP contribution in [0.1, 0.15) is 41.9 Å². The molecule has 2 heterocycles. The number of hydrogen-bond donors (Lipinski definition) is 3. The Bertz CT molecular complexity index is 1020. The highest BCUT2D eigenvalue weighted by Crippen LogP contribution is 2.42. The van der Waals surface area contributed by atoms with Gasteiger partial charge in [-0.25, -0.2) is 5.43 Å². The van der Waals surface area contributed by atoms with E-state index in [9.17, 15) is 10.1 Å². The molecule has 2 fully saturated rings. The summed E-state index contributed by atoms with van der Waals surface area (Å²) < 4.78 is 0. The van der Waals surface area contributed by atoms with Crippen LogP contribution in [0.2, 0.25) is 0 Å².